The van der Waals surface area contributed by atoms with E-state index in [9.17, 15) is 0 Å². The summed E-state index contributed by atoms with van der Waals surface area (Å²) in [4.78, 5) is 2.23. The molecule has 0 aliphatic carbocycles. The summed E-state index contributed by atoms with van der Waals surface area (Å²) in [7, 11) is 0. The van der Waals surface area contributed by atoms with Crippen LogP contribution >= 0.6 is 0 Å². The molecule has 0 radical (unpaired) electrons. The van der Waals surface area contributed by atoms with Crippen LogP contribution in [0, 0.1) is 0 Å². The summed E-state index contributed by atoms with van der Waals surface area (Å²) in [5.41, 5.74) is 9.11. The second kappa shape index (κ2) is 6.85. The number of rotatable bonds is 6. The monoisotopic (exact) mass is 270 g/mol. The topological polar surface area (TPSA) is 38.5 Å². The Bertz CT molecular complexity index is 536. The van der Waals surface area contributed by atoms with Gasteiger partial charge in [-0.1, -0.05) is 30.3 Å². The first-order valence-electron chi connectivity index (χ1n) is 7.05. The molecular formula is C17H22N2O. The van der Waals surface area contributed by atoms with Crippen LogP contribution in [-0.4, -0.2) is 13.1 Å². The SMILES string of the molecule is CCN(CC)c1ccc(OCc2ccccc2)cc1N. The lowest BCUT2D eigenvalue weighted by atomic mass is 10.2. The Morgan fingerprint density at radius 3 is 2.30 bits per heavy atom. The quantitative estimate of drug-likeness (QED) is 0.813. The minimum absolute atomic E-state index is 0.560. The van der Waals surface area contributed by atoms with Crippen molar-refractivity contribution in [3.8, 4) is 5.75 Å². The molecule has 0 amide bonds. The molecule has 0 saturated heterocycles. The molecule has 0 spiro atoms. The minimum Gasteiger partial charge on any atom is -0.489 e. The molecule has 0 unspecified atom stereocenters. The first kappa shape index (κ1) is 14.3. The van der Waals surface area contributed by atoms with Crippen LogP contribution < -0.4 is 15.4 Å². The normalized spacial score (nSPS) is 10.3. The minimum atomic E-state index is 0.560. The largest absolute Gasteiger partial charge is 0.489 e. The Morgan fingerprint density at radius 1 is 1.00 bits per heavy atom. The molecule has 0 aliphatic heterocycles. The van der Waals surface area contributed by atoms with E-state index in [2.05, 4.69) is 18.7 Å². The average molecular weight is 270 g/mol. The first-order chi connectivity index (χ1) is 9.74. The lowest BCUT2D eigenvalue weighted by Gasteiger charge is -2.23. The van der Waals surface area contributed by atoms with Crippen LogP contribution in [-0.2, 0) is 6.61 Å². The van der Waals surface area contributed by atoms with Gasteiger partial charge in [-0.3, -0.25) is 0 Å². The van der Waals surface area contributed by atoms with E-state index in [4.69, 9.17) is 10.5 Å². The molecule has 0 fully saturated rings. The van der Waals surface area contributed by atoms with E-state index in [0.717, 1.165) is 35.8 Å². The summed E-state index contributed by atoms with van der Waals surface area (Å²) in [6, 6.07) is 16.0. The number of hydrogen-bond acceptors (Lipinski definition) is 3. The van der Waals surface area contributed by atoms with Gasteiger partial charge < -0.3 is 15.4 Å². The molecule has 3 heteroatoms. The van der Waals surface area contributed by atoms with Gasteiger partial charge in [0.2, 0.25) is 0 Å². The molecule has 2 N–H and O–H groups in total. The second-order valence-electron chi connectivity index (χ2n) is 4.67. The first-order valence-corrected chi connectivity index (χ1v) is 7.05. The van der Waals surface area contributed by atoms with Crippen molar-refractivity contribution in [1.29, 1.82) is 0 Å². The van der Waals surface area contributed by atoms with Gasteiger partial charge in [0, 0.05) is 19.2 Å². The molecule has 2 aromatic rings. The maximum Gasteiger partial charge on any atom is 0.122 e. The molecular weight excluding hydrogens is 248 g/mol. The number of benzene rings is 2. The molecule has 20 heavy (non-hydrogen) atoms. The number of nitrogens with zero attached hydrogens (tertiary/aromatic N) is 1. The highest BCUT2D eigenvalue weighted by Crippen LogP contribution is 2.28. The van der Waals surface area contributed by atoms with Crippen LogP contribution in [0.4, 0.5) is 11.4 Å². The molecule has 106 valence electrons. The summed E-state index contributed by atoms with van der Waals surface area (Å²) < 4.78 is 5.78. The summed E-state index contributed by atoms with van der Waals surface area (Å²) in [5, 5.41) is 0. The maximum atomic E-state index is 6.12. The summed E-state index contributed by atoms with van der Waals surface area (Å²) in [5.74, 6) is 0.808. The van der Waals surface area contributed by atoms with E-state index < -0.39 is 0 Å². The van der Waals surface area contributed by atoms with Crippen LogP contribution in [0.15, 0.2) is 48.5 Å². The third-order valence-corrected chi connectivity index (χ3v) is 3.35. The second-order valence-corrected chi connectivity index (χ2v) is 4.67. The van der Waals surface area contributed by atoms with Crippen LogP contribution in [0.1, 0.15) is 19.4 Å². The van der Waals surface area contributed by atoms with Gasteiger partial charge in [-0.05, 0) is 31.5 Å². The van der Waals surface area contributed by atoms with Crippen LogP contribution in [0.3, 0.4) is 0 Å². The van der Waals surface area contributed by atoms with E-state index in [0.29, 0.717) is 6.61 Å². The Kier molecular flexibility index (Phi) is 4.88. The molecule has 0 bridgehead atoms. The third-order valence-electron chi connectivity index (χ3n) is 3.35. The van der Waals surface area contributed by atoms with E-state index in [1.165, 1.54) is 0 Å². The zero-order valence-electron chi connectivity index (χ0n) is 12.2. The Hall–Kier alpha value is -2.16. The molecule has 0 heterocycles. The van der Waals surface area contributed by atoms with E-state index in [1.54, 1.807) is 0 Å². The van der Waals surface area contributed by atoms with Crippen molar-refractivity contribution < 1.29 is 4.74 Å². The fourth-order valence-electron chi connectivity index (χ4n) is 2.22. The zero-order valence-corrected chi connectivity index (χ0v) is 12.2. The van der Waals surface area contributed by atoms with Gasteiger partial charge in [0.1, 0.15) is 12.4 Å². The van der Waals surface area contributed by atoms with E-state index in [1.807, 2.05) is 48.5 Å². The van der Waals surface area contributed by atoms with Crippen molar-refractivity contribution in [1.82, 2.24) is 0 Å². The maximum absolute atomic E-state index is 6.12. The smallest absolute Gasteiger partial charge is 0.122 e. The zero-order chi connectivity index (χ0) is 14.4. The van der Waals surface area contributed by atoms with Crippen molar-refractivity contribution in [2.45, 2.75) is 20.5 Å². The fraction of sp³-hybridized carbons (Fsp3) is 0.294. The van der Waals surface area contributed by atoms with Crippen molar-refractivity contribution >= 4 is 11.4 Å². The van der Waals surface area contributed by atoms with E-state index >= 15 is 0 Å². The van der Waals surface area contributed by atoms with Gasteiger partial charge in [0.15, 0.2) is 0 Å². The summed E-state index contributed by atoms with van der Waals surface area (Å²) >= 11 is 0. The van der Waals surface area contributed by atoms with E-state index in [-0.39, 0.29) is 0 Å². The average Bonchev–Trinajstić information content (AvgIpc) is 2.49. The predicted molar refractivity (Wildman–Crippen MR) is 85.2 cm³/mol. The van der Waals surface area contributed by atoms with Crippen molar-refractivity contribution in [2.24, 2.45) is 0 Å². The number of anilines is 2. The van der Waals surface area contributed by atoms with Gasteiger partial charge in [0.25, 0.3) is 0 Å². The van der Waals surface area contributed by atoms with Gasteiger partial charge in [-0.25, -0.2) is 0 Å². The van der Waals surface area contributed by atoms with Crippen LogP contribution in [0.25, 0.3) is 0 Å². The molecule has 2 aromatic carbocycles. The van der Waals surface area contributed by atoms with Gasteiger partial charge in [-0.15, -0.1) is 0 Å². The third kappa shape index (κ3) is 3.44. The van der Waals surface area contributed by atoms with Crippen molar-refractivity contribution in [3.63, 3.8) is 0 Å². The standard InChI is InChI=1S/C17H22N2O/c1-3-19(4-2)17-11-10-15(12-16(17)18)20-13-14-8-6-5-7-9-14/h5-12H,3-4,13,18H2,1-2H3. The Balaban J connectivity index is 2.05. The molecule has 0 saturated carbocycles. The number of ether oxygens (including phenoxy) is 1. The molecule has 3 nitrogen and oxygen atoms in total. The number of nitrogens with two attached hydrogens (primary N) is 1. The molecule has 0 atom stereocenters. The Labute approximate surface area is 121 Å². The Morgan fingerprint density at radius 2 is 1.70 bits per heavy atom. The highest BCUT2D eigenvalue weighted by Gasteiger charge is 2.07. The van der Waals surface area contributed by atoms with Crippen molar-refractivity contribution in [3.05, 3.63) is 54.1 Å². The van der Waals surface area contributed by atoms with Gasteiger partial charge >= 0.3 is 0 Å². The van der Waals surface area contributed by atoms with Crippen LogP contribution in [0.5, 0.6) is 5.75 Å². The highest BCUT2D eigenvalue weighted by molar-refractivity contribution is 5.69. The van der Waals surface area contributed by atoms with Gasteiger partial charge in [0.05, 0.1) is 11.4 Å². The number of hydrogen-bond donors (Lipinski definition) is 1. The fourth-order valence-corrected chi connectivity index (χ4v) is 2.22. The molecule has 2 rings (SSSR count). The summed E-state index contributed by atoms with van der Waals surface area (Å²) in [6.07, 6.45) is 0. The highest BCUT2D eigenvalue weighted by atomic mass is 16.5. The summed E-state index contributed by atoms with van der Waals surface area (Å²) in [6.45, 7) is 6.71. The van der Waals surface area contributed by atoms with Gasteiger partial charge in [-0.2, -0.15) is 0 Å². The number of nitrogen functional groups attached to an aromatic ring is 1. The lowest BCUT2D eigenvalue weighted by Crippen LogP contribution is -2.22. The van der Waals surface area contributed by atoms with Crippen LogP contribution in [0.2, 0.25) is 0 Å². The predicted octanol–water partition coefficient (Wildman–Crippen LogP) is 3.69. The molecule has 0 aliphatic rings. The van der Waals surface area contributed by atoms with Crippen molar-refractivity contribution in [2.75, 3.05) is 23.7 Å². The molecule has 0 aromatic heterocycles. The lowest BCUT2D eigenvalue weighted by molar-refractivity contribution is 0.306.